The summed E-state index contributed by atoms with van der Waals surface area (Å²) < 4.78 is 15.2. The lowest BCUT2D eigenvalue weighted by Crippen LogP contribution is -2.54. The summed E-state index contributed by atoms with van der Waals surface area (Å²) in [6, 6.07) is -0.901. The first-order valence-electron chi connectivity index (χ1n) is 6.80. The molecule has 8 nitrogen and oxygen atoms in total. The number of hydrogen-bond donors (Lipinski definition) is 2. The molecule has 0 spiro atoms. The molecule has 2 atom stereocenters. The Morgan fingerprint density at radius 2 is 1.90 bits per heavy atom. The summed E-state index contributed by atoms with van der Waals surface area (Å²) in [5.74, 6) is -0.981. The Balaban J connectivity index is 2.64. The second-order valence-electron chi connectivity index (χ2n) is 5.21. The van der Waals surface area contributed by atoms with Gasteiger partial charge in [-0.1, -0.05) is 0 Å². The van der Waals surface area contributed by atoms with Crippen LogP contribution in [0.4, 0.5) is 4.79 Å². The third kappa shape index (κ3) is 4.55. The second kappa shape index (κ2) is 8.16. The lowest BCUT2D eigenvalue weighted by atomic mass is 9.85. The smallest absolute Gasteiger partial charge is 0.317 e. The van der Waals surface area contributed by atoms with E-state index < -0.39 is 17.4 Å². The van der Waals surface area contributed by atoms with E-state index in [0.29, 0.717) is 26.3 Å². The molecule has 0 aliphatic carbocycles. The minimum absolute atomic E-state index is 0.0867. The van der Waals surface area contributed by atoms with Crippen molar-refractivity contribution in [2.45, 2.75) is 13.0 Å². The Morgan fingerprint density at radius 3 is 2.38 bits per heavy atom. The van der Waals surface area contributed by atoms with E-state index in [0.717, 1.165) is 0 Å². The van der Waals surface area contributed by atoms with Crippen LogP contribution in [0.1, 0.15) is 6.92 Å². The van der Waals surface area contributed by atoms with E-state index in [9.17, 15) is 14.7 Å². The first-order chi connectivity index (χ1) is 9.95. The SMILES string of the molecule is COCCN(CCOC)C(=O)NC1COCC1(C)C(=O)O. The highest BCUT2D eigenvalue weighted by atomic mass is 16.5. The number of methoxy groups -OCH3 is 2. The molecule has 21 heavy (non-hydrogen) atoms. The fourth-order valence-electron chi connectivity index (χ4n) is 2.04. The van der Waals surface area contributed by atoms with Crippen LogP contribution in [-0.2, 0) is 19.0 Å². The molecule has 0 bridgehead atoms. The zero-order valence-corrected chi connectivity index (χ0v) is 12.8. The second-order valence-corrected chi connectivity index (χ2v) is 5.21. The standard InChI is InChI=1S/C13H24N2O6/c1-13(11(16)17)9-21-8-10(13)14-12(18)15(4-6-19-2)5-7-20-3/h10H,4-9H2,1-3H3,(H,14,18)(H,16,17). The molecule has 2 unspecified atom stereocenters. The van der Waals surface area contributed by atoms with Crippen LogP contribution in [-0.4, -0.2) is 81.8 Å². The molecule has 1 fully saturated rings. The van der Waals surface area contributed by atoms with E-state index in [2.05, 4.69) is 5.32 Å². The molecular formula is C13H24N2O6. The van der Waals surface area contributed by atoms with Gasteiger partial charge < -0.3 is 29.5 Å². The van der Waals surface area contributed by atoms with Crippen molar-refractivity contribution in [1.82, 2.24) is 10.2 Å². The summed E-state index contributed by atoms with van der Waals surface area (Å²) in [5, 5.41) is 12.0. The number of carboxylic acids is 1. The predicted molar refractivity (Wildman–Crippen MR) is 74.2 cm³/mol. The first-order valence-corrected chi connectivity index (χ1v) is 6.80. The third-order valence-electron chi connectivity index (χ3n) is 3.66. The van der Waals surface area contributed by atoms with Crippen LogP contribution in [0, 0.1) is 5.41 Å². The van der Waals surface area contributed by atoms with Crippen molar-refractivity contribution in [1.29, 1.82) is 0 Å². The minimum Gasteiger partial charge on any atom is -0.481 e. The van der Waals surface area contributed by atoms with Gasteiger partial charge in [0.15, 0.2) is 0 Å². The number of urea groups is 1. The number of carboxylic acid groups (broad SMARTS) is 1. The van der Waals surface area contributed by atoms with E-state index in [1.54, 1.807) is 21.1 Å². The van der Waals surface area contributed by atoms with Gasteiger partial charge >= 0.3 is 12.0 Å². The topological polar surface area (TPSA) is 97.3 Å². The van der Waals surface area contributed by atoms with E-state index in [-0.39, 0.29) is 19.2 Å². The molecule has 122 valence electrons. The molecule has 1 aliphatic rings. The van der Waals surface area contributed by atoms with Gasteiger partial charge in [0.25, 0.3) is 0 Å². The van der Waals surface area contributed by atoms with Gasteiger partial charge in [-0.25, -0.2) is 4.79 Å². The Labute approximate surface area is 124 Å². The predicted octanol–water partition coefficient (Wildman–Crippen LogP) is -0.219. The molecule has 1 heterocycles. The molecule has 1 saturated heterocycles. The molecule has 0 radical (unpaired) electrons. The summed E-state index contributed by atoms with van der Waals surface area (Å²) in [7, 11) is 3.11. The normalized spacial score (nSPS) is 24.8. The van der Waals surface area contributed by atoms with Crippen molar-refractivity contribution in [3.05, 3.63) is 0 Å². The number of aliphatic carboxylic acids is 1. The Hall–Kier alpha value is -1.38. The molecule has 0 saturated carbocycles. The number of hydrogen-bond acceptors (Lipinski definition) is 5. The maximum absolute atomic E-state index is 12.3. The highest BCUT2D eigenvalue weighted by molar-refractivity contribution is 5.79. The van der Waals surface area contributed by atoms with Gasteiger partial charge in [0, 0.05) is 27.3 Å². The van der Waals surface area contributed by atoms with Crippen LogP contribution < -0.4 is 5.32 Å². The van der Waals surface area contributed by atoms with Crippen LogP contribution in [0.25, 0.3) is 0 Å². The quantitative estimate of drug-likeness (QED) is 0.643. The molecule has 1 aliphatic heterocycles. The number of carbonyl (C=O) groups is 2. The number of carbonyl (C=O) groups excluding carboxylic acids is 1. The van der Waals surface area contributed by atoms with Crippen molar-refractivity contribution in [2.75, 3.05) is 53.7 Å². The molecule has 1 rings (SSSR count). The zero-order chi connectivity index (χ0) is 15.9. The maximum atomic E-state index is 12.3. The van der Waals surface area contributed by atoms with Crippen LogP contribution in [0.5, 0.6) is 0 Å². The number of rotatable bonds is 8. The van der Waals surface area contributed by atoms with Gasteiger partial charge in [-0.15, -0.1) is 0 Å². The van der Waals surface area contributed by atoms with Crippen molar-refractivity contribution in [2.24, 2.45) is 5.41 Å². The fraction of sp³-hybridized carbons (Fsp3) is 0.846. The van der Waals surface area contributed by atoms with E-state index in [4.69, 9.17) is 14.2 Å². The van der Waals surface area contributed by atoms with Crippen LogP contribution in [0.15, 0.2) is 0 Å². The highest BCUT2D eigenvalue weighted by Gasteiger charge is 2.47. The average Bonchev–Trinajstić information content (AvgIpc) is 2.81. The van der Waals surface area contributed by atoms with Crippen LogP contribution >= 0.6 is 0 Å². The largest absolute Gasteiger partial charge is 0.481 e. The van der Waals surface area contributed by atoms with Crippen molar-refractivity contribution >= 4 is 12.0 Å². The zero-order valence-electron chi connectivity index (χ0n) is 12.8. The third-order valence-corrected chi connectivity index (χ3v) is 3.66. The van der Waals surface area contributed by atoms with Crippen LogP contribution in [0.2, 0.25) is 0 Å². The Bertz CT molecular complexity index is 357. The van der Waals surface area contributed by atoms with E-state index >= 15 is 0 Å². The van der Waals surface area contributed by atoms with Crippen LogP contribution in [0.3, 0.4) is 0 Å². The summed E-state index contributed by atoms with van der Waals surface area (Å²) in [4.78, 5) is 25.2. The molecule has 2 N–H and O–H groups in total. The van der Waals surface area contributed by atoms with Gasteiger partial charge in [0.2, 0.25) is 0 Å². The van der Waals surface area contributed by atoms with Gasteiger partial charge in [-0.3, -0.25) is 4.79 Å². The molecule has 8 heteroatoms. The van der Waals surface area contributed by atoms with Crippen molar-refractivity contribution in [3.63, 3.8) is 0 Å². The maximum Gasteiger partial charge on any atom is 0.317 e. The summed E-state index contributed by atoms with van der Waals surface area (Å²) in [6.07, 6.45) is 0. The van der Waals surface area contributed by atoms with E-state index in [1.165, 1.54) is 4.90 Å². The van der Waals surface area contributed by atoms with Gasteiger partial charge in [-0.2, -0.15) is 0 Å². The number of amides is 2. The van der Waals surface area contributed by atoms with Gasteiger partial charge in [-0.05, 0) is 6.92 Å². The average molecular weight is 304 g/mol. The lowest BCUT2D eigenvalue weighted by Gasteiger charge is -2.29. The van der Waals surface area contributed by atoms with Crippen molar-refractivity contribution < 1.29 is 28.9 Å². The van der Waals surface area contributed by atoms with Gasteiger partial charge in [0.05, 0.1) is 32.5 Å². The Kier molecular flexibility index (Phi) is 6.86. The molecule has 2 amide bonds. The molecular weight excluding hydrogens is 280 g/mol. The molecule has 0 aromatic carbocycles. The number of nitrogens with one attached hydrogen (secondary N) is 1. The highest BCUT2D eigenvalue weighted by Crippen LogP contribution is 2.28. The number of ether oxygens (including phenoxy) is 3. The monoisotopic (exact) mass is 304 g/mol. The molecule has 0 aromatic rings. The van der Waals surface area contributed by atoms with Crippen molar-refractivity contribution in [3.8, 4) is 0 Å². The summed E-state index contributed by atoms with van der Waals surface area (Å²) in [6.45, 7) is 3.46. The first kappa shape index (κ1) is 17.7. The Morgan fingerprint density at radius 1 is 1.33 bits per heavy atom. The fourth-order valence-corrected chi connectivity index (χ4v) is 2.04. The van der Waals surface area contributed by atoms with Gasteiger partial charge in [0.1, 0.15) is 5.41 Å². The lowest BCUT2D eigenvalue weighted by molar-refractivity contribution is -0.148. The number of nitrogens with zero attached hydrogens (tertiary/aromatic N) is 1. The summed E-state index contributed by atoms with van der Waals surface area (Å²) >= 11 is 0. The molecule has 0 aromatic heterocycles. The summed E-state index contributed by atoms with van der Waals surface area (Å²) in [5.41, 5.74) is -1.11. The minimum atomic E-state index is -1.11. The van der Waals surface area contributed by atoms with E-state index in [1.807, 2.05) is 0 Å².